The largest absolute Gasteiger partial charge is 0.476 e. The summed E-state index contributed by atoms with van der Waals surface area (Å²) < 4.78 is 5.47. The van der Waals surface area contributed by atoms with Crippen LogP contribution in [0.25, 0.3) is 0 Å². The fraction of sp³-hybridized carbons (Fsp3) is 0.0833. The fourth-order valence-electron chi connectivity index (χ4n) is 1.32. The third-order valence-electron chi connectivity index (χ3n) is 2.20. The van der Waals surface area contributed by atoms with Crippen molar-refractivity contribution in [2.45, 2.75) is 6.92 Å². The SMILES string of the molecule is Cc1cc(Cl)ccc1Oc1cnc(C(=O)O)cn1. The molecule has 0 aliphatic rings. The number of carboxylic acids is 1. The van der Waals surface area contributed by atoms with Gasteiger partial charge in [0.2, 0.25) is 5.88 Å². The lowest BCUT2D eigenvalue weighted by Gasteiger charge is -2.07. The van der Waals surface area contributed by atoms with Crippen LogP contribution >= 0.6 is 11.6 Å². The van der Waals surface area contributed by atoms with Gasteiger partial charge in [0.15, 0.2) is 5.69 Å². The highest BCUT2D eigenvalue weighted by atomic mass is 35.5. The Kier molecular flexibility index (Phi) is 3.43. The minimum absolute atomic E-state index is 0.129. The molecule has 2 aromatic rings. The molecule has 1 heterocycles. The van der Waals surface area contributed by atoms with Gasteiger partial charge in [0.05, 0.1) is 12.4 Å². The molecule has 1 aromatic heterocycles. The quantitative estimate of drug-likeness (QED) is 0.923. The van der Waals surface area contributed by atoms with Gasteiger partial charge < -0.3 is 9.84 Å². The zero-order valence-corrected chi connectivity index (χ0v) is 10.2. The van der Waals surface area contributed by atoms with Crippen molar-refractivity contribution in [2.24, 2.45) is 0 Å². The Morgan fingerprint density at radius 1 is 1.33 bits per heavy atom. The van der Waals surface area contributed by atoms with Crippen LogP contribution in [0.3, 0.4) is 0 Å². The van der Waals surface area contributed by atoms with Crippen LogP contribution in [0.5, 0.6) is 11.6 Å². The van der Waals surface area contributed by atoms with E-state index in [4.69, 9.17) is 21.4 Å². The minimum atomic E-state index is -1.13. The molecule has 0 aliphatic carbocycles. The summed E-state index contributed by atoms with van der Waals surface area (Å²) in [7, 11) is 0. The van der Waals surface area contributed by atoms with Crippen molar-refractivity contribution in [3.63, 3.8) is 0 Å². The summed E-state index contributed by atoms with van der Waals surface area (Å²) in [5.41, 5.74) is 0.724. The van der Waals surface area contributed by atoms with Crippen molar-refractivity contribution in [1.29, 1.82) is 0 Å². The fourth-order valence-corrected chi connectivity index (χ4v) is 1.55. The first-order chi connectivity index (χ1) is 8.56. The van der Waals surface area contributed by atoms with Crippen molar-refractivity contribution >= 4 is 17.6 Å². The topological polar surface area (TPSA) is 72.3 Å². The summed E-state index contributed by atoms with van der Waals surface area (Å²) in [5.74, 6) is -0.307. The molecule has 6 heteroatoms. The van der Waals surface area contributed by atoms with Gasteiger partial charge in [0.25, 0.3) is 0 Å². The van der Waals surface area contributed by atoms with Crippen LogP contribution < -0.4 is 4.74 Å². The second-order valence-corrected chi connectivity index (χ2v) is 3.99. The van der Waals surface area contributed by atoms with Crippen LogP contribution in [0, 0.1) is 6.92 Å². The van der Waals surface area contributed by atoms with Gasteiger partial charge in [-0.2, -0.15) is 0 Å². The monoisotopic (exact) mass is 264 g/mol. The predicted molar refractivity (Wildman–Crippen MR) is 65.3 cm³/mol. The van der Waals surface area contributed by atoms with Gasteiger partial charge in [-0.3, -0.25) is 0 Å². The summed E-state index contributed by atoms with van der Waals surface area (Å²) in [4.78, 5) is 18.2. The van der Waals surface area contributed by atoms with Gasteiger partial charge in [0, 0.05) is 5.02 Å². The van der Waals surface area contributed by atoms with Crippen molar-refractivity contribution in [3.05, 3.63) is 46.9 Å². The number of halogens is 1. The number of aromatic nitrogens is 2. The molecule has 0 bridgehead atoms. The van der Waals surface area contributed by atoms with Gasteiger partial charge in [0.1, 0.15) is 5.75 Å². The Balaban J connectivity index is 2.21. The Hall–Kier alpha value is -2.14. The minimum Gasteiger partial charge on any atom is -0.476 e. The van der Waals surface area contributed by atoms with Crippen molar-refractivity contribution in [1.82, 2.24) is 9.97 Å². The number of aromatic carboxylic acids is 1. The van der Waals surface area contributed by atoms with E-state index in [1.54, 1.807) is 18.2 Å². The standard InChI is InChI=1S/C12H9ClN2O3/c1-7-4-8(13)2-3-10(7)18-11-6-14-9(5-15-11)12(16)17/h2-6H,1H3,(H,16,17). The number of hydrogen-bond acceptors (Lipinski definition) is 4. The highest BCUT2D eigenvalue weighted by molar-refractivity contribution is 6.30. The first-order valence-corrected chi connectivity index (χ1v) is 5.43. The maximum Gasteiger partial charge on any atom is 0.356 e. The van der Waals surface area contributed by atoms with E-state index in [1.807, 2.05) is 6.92 Å². The molecule has 0 amide bonds. The Morgan fingerprint density at radius 2 is 2.11 bits per heavy atom. The normalized spacial score (nSPS) is 10.1. The lowest BCUT2D eigenvalue weighted by atomic mass is 10.2. The molecule has 0 saturated carbocycles. The summed E-state index contributed by atoms with van der Waals surface area (Å²) >= 11 is 5.83. The van der Waals surface area contributed by atoms with Gasteiger partial charge in [-0.1, -0.05) is 11.6 Å². The number of benzene rings is 1. The highest BCUT2D eigenvalue weighted by Crippen LogP contribution is 2.25. The number of hydrogen-bond donors (Lipinski definition) is 1. The van der Waals surface area contributed by atoms with Gasteiger partial charge >= 0.3 is 5.97 Å². The van der Waals surface area contributed by atoms with Crippen LogP contribution in [-0.2, 0) is 0 Å². The number of aryl methyl sites for hydroxylation is 1. The van der Waals surface area contributed by atoms with E-state index in [0.717, 1.165) is 11.8 Å². The van der Waals surface area contributed by atoms with Crippen molar-refractivity contribution in [2.75, 3.05) is 0 Å². The summed E-state index contributed by atoms with van der Waals surface area (Å²) in [6.07, 6.45) is 2.40. The highest BCUT2D eigenvalue weighted by Gasteiger charge is 2.07. The summed E-state index contributed by atoms with van der Waals surface area (Å²) in [5, 5.41) is 9.30. The second kappa shape index (κ2) is 5.01. The number of carboxylic acid groups (broad SMARTS) is 1. The molecule has 5 nitrogen and oxygen atoms in total. The third-order valence-corrected chi connectivity index (χ3v) is 2.43. The maximum absolute atomic E-state index is 10.6. The molecule has 1 aromatic carbocycles. The molecule has 0 spiro atoms. The Bertz CT molecular complexity index is 584. The Labute approximate surface area is 108 Å². The van der Waals surface area contributed by atoms with Gasteiger partial charge in [-0.25, -0.2) is 14.8 Å². The first-order valence-electron chi connectivity index (χ1n) is 5.05. The molecule has 2 rings (SSSR count). The Morgan fingerprint density at radius 3 is 2.67 bits per heavy atom. The van der Waals surface area contributed by atoms with Crippen LogP contribution in [-0.4, -0.2) is 21.0 Å². The van der Waals surface area contributed by atoms with E-state index in [1.165, 1.54) is 6.20 Å². The van der Waals surface area contributed by atoms with Gasteiger partial charge in [-0.05, 0) is 30.7 Å². The molecule has 0 saturated heterocycles. The van der Waals surface area contributed by atoms with Crippen LogP contribution in [0.15, 0.2) is 30.6 Å². The summed E-state index contributed by atoms with van der Waals surface area (Å²) in [6.45, 7) is 1.85. The van der Waals surface area contributed by atoms with Crippen molar-refractivity contribution in [3.8, 4) is 11.6 Å². The molecule has 1 N–H and O–H groups in total. The molecular formula is C12H9ClN2O3. The van der Waals surface area contributed by atoms with E-state index in [2.05, 4.69) is 9.97 Å². The average Bonchev–Trinajstić information content (AvgIpc) is 2.33. The predicted octanol–water partition coefficient (Wildman–Crippen LogP) is 2.93. The van der Waals surface area contributed by atoms with E-state index in [9.17, 15) is 4.79 Å². The van der Waals surface area contributed by atoms with Crippen LogP contribution in [0.1, 0.15) is 16.1 Å². The molecular weight excluding hydrogens is 256 g/mol. The zero-order chi connectivity index (χ0) is 13.1. The molecule has 0 fully saturated rings. The van der Waals surface area contributed by atoms with E-state index >= 15 is 0 Å². The number of ether oxygens (including phenoxy) is 1. The zero-order valence-electron chi connectivity index (χ0n) is 9.42. The summed E-state index contributed by atoms with van der Waals surface area (Å²) in [6, 6.07) is 5.17. The maximum atomic E-state index is 10.6. The molecule has 92 valence electrons. The number of rotatable bonds is 3. The molecule has 0 unspecified atom stereocenters. The number of nitrogens with zero attached hydrogens (tertiary/aromatic N) is 2. The van der Waals surface area contributed by atoms with Gasteiger partial charge in [-0.15, -0.1) is 0 Å². The van der Waals surface area contributed by atoms with Crippen molar-refractivity contribution < 1.29 is 14.6 Å². The van der Waals surface area contributed by atoms with E-state index in [0.29, 0.717) is 10.8 Å². The smallest absolute Gasteiger partial charge is 0.356 e. The third kappa shape index (κ3) is 2.75. The lowest BCUT2D eigenvalue weighted by Crippen LogP contribution is -2.01. The molecule has 18 heavy (non-hydrogen) atoms. The van der Waals surface area contributed by atoms with E-state index in [-0.39, 0.29) is 11.6 Å². The first kappa shape index (κ1) is 12.3. The lowest BCUT2D eigenvalue weighted by molar-refractivity contribution is 0.0690. The second-order valence-electron chi connectivity index (χ2n) is 3.56. The van der Waals surface area contributed by atoms with E-state index < -0.39 is 5.97 Å². The average molecular weight is 265 g/mol. The van der Waals surface area contributed by atoms with Crippen LogP contribution in [0.2, 0.25) is 5.02 Å². The molecule has 0 aliphatic heterocycles. The molecule has 0 atom stereocenters. The number of carbonyl (C=O) groups is 1. The van der Waals surface area contributed by atoms with Crippen LogP contribution in [0.4, 0.5) is 0 Å². The molecule has 0 radical (unpaired) electrons.